The summed E-state index contributed by atoms with van der Waals surface area (Å²) in [5, 5.41) is 4.81. The lowest BCUT2D eigenvalue weighted by Gasteiger charge is -2.05. The number of hydrogen-bond donors (Lipinski definition) is 1. The molecule has 2 rings (SSSR count). The molecule has 0 atom stereocenters. The minimum Gasteiger partial charge on any atom is -0.382 e. The van der Waals surface area contributed by atoms with Crippen LogP contribution in [0.2, 0.25) is 5.02 Å². The minimum atomic E-state index is 0.526. The maximum Gasteiger partial charge on any atom is 0.145 e. The Labute approximate surface area is 92.7 Å². The summed E-state index contributed by atoms with van der Waals surface area (Å²) in [7, 11) is 0. The fraction of sp³-hybridized carbons (Fsp3) is 0.200. The second-order valence-corrected chi connectivity index (χ2v) is 3.74. The van der Waals surface area contributed by atoms with Crippen LogP contribution in [0.25, 0.3) is 0 Å². The summed E-state index contributed by atoms with van der Waals surface area (Å²) < 4.78 is 1.82. The summed E-state index contributed by atoms with van der Waals surface area (Å²) in [6, 6.07) is 3.70. The number of nitrogens with two attached hydrogens (primary N) is 1. The van der Waals surface area contributed by atoms with E-state index in [2.05, 4.69) is 10.1 Å². The summed E-state index contributed by atoms with van der Waals surface area (Å²) in [5.41, 5.74) is 7.59. The van der Waals surface area contributed by atoms with Crippen molar-refractivity contribution in [2.45, 2.75) is 13.5 Å². The van der Waals surface area contributed by atoms with Gasteiger partial charge in [-0.3, -0.25) is 9.67 Å². The van der Waals surface area contributed by atoms with E-state index in [0.29, 0.717) is 17.4 Å². The van der Waals surface area contributed by atoms with Gasteiger partial charge in [-0.05, 0) is 18.6 Å². The van der Waals surface area contributed by atoms with Crippen LogP contribution in [0.3, 0.4) is 0 Å². The highest BCUT2D eigenvalue weighted by molar-refractivity contribution is 6.31. The lowest BCUT2D eigenvalue weighted by atomic mass is 10.2. The number of aromatic nitrogens is 3. The fourth-order valence-electron chi connectivity index (χ4n) is 1.39. The number of pyridine rings is 1. The second-order valence-electron chi connectivity index (χ2n) is 3.34. The van der Waals surface area contributed by atoms with Gasteiger partial charge in [0.05, 0.1) is 11.6 Å². The Balaban J connectivity index is 2.29. The Morgan fingerprint density at radius 1 is 1.53 bits per heavy atom. The predicted molar refractivity (Wildman–Crippen MR) is 59.7 cm³/mol. The first-order valence-electron chi connectivity index (χ1n) is 4.55. The molecule has 0 bridgehead atoms. The molecule has 0 amide bonds. The molecule has 0 fully saturated rings. The van der Waals surface area contributed by atoms with Crippen LogP contribution in [0.5, 0.6) is 0 Å². The van der Waals surface area contributed by atoms with Gasteiger partial charge in [-0.25, -0.2) is 0 Å². The quantitative estimate of drug-likeness (QED) is 0.844. The Bertz CT molecular complexity index is 478. The molecule has 4 nitrogen and oxygen atoms in total. The van der Waals surface area contributed by atoms with E-state index in [-0.39, 0.29) is 0 Å². The van der Waals surface area contributed by atoms with E-state index in [1.807, 2.05) is 23.7 Å². The van der Waals surface area contributed by atoms with E-state index in [0.717, 1.165) is 11.3 Å². The number of rotatable bonds is 2. The molecule has 0 aliphatic carbocycles. The number of nitrogen functional groups attached to an aromatic ring is 1. The van der Waals surface area contributed by atoms with E-state index < -0.39 is 0 Å². The van der Waals surface area contributed by atoms with Crippen molar-refractivity contribution in [1.29, 1.82) is 0 Å². The largest absolute Gasteiger partial charge is 0.382 e. The summed E-state index contributed by atoms with van der Waals surface area (Å²) in [5.74, 6) is 0.526. The molecule has 0 saturated carbocycles. The van der Waals surface area contributed by atoms with Gasteiger partial charge in [0.2, 0.25) is 0 Å². The smallest absolute Gasteiger partial charge is 0.145 e. The molecule has 0 saturated heterocycles. The molecule has 2 N–H and O–H groups in total. The summed E-state index contributed by atoms with van der Waals surface area (Å²) in [4.78, 5) is 3.93. The van der Waals surface area contributed by atoms with Crippen LogP contribution < -0.4 is 5.73 Å². The van der Waals surface area contributed by atoms with Gasteiger partial charge in [0, 0.05) is 24.2 Å². The van der Waals surface area contributed by atoms with Gasteiger partial charge < -0.3 is 5.73 Å². The Kier molecular flexibility index (Phi) is 2.60. The zero-order valence-corrected chi connectivity index (χ0v) is 9.07. The average molecular weight is 223 g/mol. The first kappa shape index (κ1) is 9.98. The van der Waals surface area contributed by atoms with E-state index in [1.54, 1.807) is 12.4 Å². The molecule has 78 valence electrons. The van der Waals surface area contributed by atoms with Crippen LogP contribution in [0.15, 0.2) is 24.5 Å². The highest BCUT2D eigenvalue weighted by atomic mass is 35.5. The SMILES string of the molecule is Cc1cc(N)nn1Cc1ccncc1Cl. The van der Waals surface area contributed by atoms with Crippen molar-refractivity contribution in [1.82, 2.24) is 14.8 Å². The van der Waals surface area contributed by atoms with Crippen LogP contribution in [0, 0.1) is 6.92 Å². The zero-order chi connectivity index (χ0) is 10.8. The van der Waals surface area contributed by atoms with Gasteiger partial charge in [-0.15, -0.1) is 0 Å². The molecule has 0 spiro atoms. The van der Waals surface area contributed by atoms with Crippen molar-refractivity contribution in [3.05, 3.63) is 40.8 Å². The molecule has 2 heterocycles. The molecule has 5 heteroatoms. The van der Waals surface area contributed by atoms with Crippen LogP contribution in [-0.2, 0) is 6.54 Å². The van der Waals surface area contributed by atoms with Crippen molar-refractivity contribution >= 4 is 17.4 Å². The molecule has 2 aromatic heterocycles. The van der Waals surface area contributed by atoms with Crippen LogP contribution in [0.1, 0.15) is 11.3 Å². The van der Waals surface area contributed by atoms with Crippen LogP contribution in [0.4, 0.5) is 5.82 Å². The van der Waals surface area contributed by atoms with E-state index in [1.165, 1.54) is 0 Å². The minimum absolute atomic E-state index is 0.526. The molecule has 2 aromatic rings. The molecule has 0 unspecified atom stereocenters. The topological polar surface area (TPSA) is 56.7 Å². The molecule has 15 heavy (non-hydrogen) atoms. The Morgan fingerprint density at radius 3 is 2.93 bits per heavy atom. The molecule has 0 radical (unpaired) electrons. The highest BCUT2D eigenvalue weighted by Crippen LogP contribution is 2.16. The third-order valence-electron chi connectivity index (χ3n) is 2.18. The van der Waals surface area contributed by atoms with Gasteiger partial charge in [-0.1, -0.05) is 11.6 Å². The fourth-order valence-corrected chi connectivity index (χ4v) is 1.57. The van der Waals surface area contributed by atoms with Crippen LogP contribution in [-0.4, -0.2) is 14.8 Å². The molecular weight excluding hydrogens is 212 g/mol. The number of aryl methyl sites for hydroxylation is 1. The number of hydrogen-bond acceptors (Lipinski definition) is 3. The van der Waals surface area contributed by atoms with Gasteiger partial charge in [0.25, 0.3) is 0 Å². The van der Waals surface area contributed by atoms with Gasteiger partial charge in [0.15, 0.2) is 0 Å². The van der Waals surface area contributed by atoms with Crippen molar-refractivity contribution in [2.75, 3.05) is 5.73 Å². The molecule has 0 aliphatic heterocycles. The maximum atomic E-state index is 6.00. The van der Waals surface area contributed by atoms with Crippen molar-refractivity contribution < 1.29 is 0 Å². The lowest BCUT2D eigenvalue weighted by Crippen LogP contribution is -2.04. The molecule has 0 aromatic carbocycles. The van der Waals surface area contributed by atoms with E-state index >= 15 is 0 Å². The van der Waals surface area contributed by atoms with Crippen molar-refractivity contribution in [3.8, 4) is 0 Å². The standard InChI is InChI=1S/C10H11ClN4/c1-7-4-10(12)14-15(7)6-8-2-3-13-5-9(8)11/h2-5H,6H2,1H3,(H2,12,14). The molecule has 0 aliphatic rings. The number of nitrogens with zero attached hydrogens (tertiary/aromatic N) is 3. The number of anilines is 1. The number of halogens is 1. The zero-order valence-electron chi connectivity index (χ0n) is 8.31. The summed E-state index contributed by atoms with van der Waals surface area (Å²) in [6.45, 7) is 2.57. The Hall–Kier alpha value is -1.55. The van der Waals surface area contributed by atoms with Crippen molar-refractivity contribution in [2.24, 2.45) is 0 Å². The third kappa shape index (κ3) is 2.10. The van der Waals surface area contributed by atoms with Gasteiger partial charge >= 0.3 is 0 Å². The summed E-state index contributed by atoms with van der Waals surface area (Å²) in [6.07, 6.45) is 3.34. The highest BCUT2D eigenvalue weighted by Gasteiger charge is 2.04. The average Bonchev–Trinajstić information content (AvgIpc) is 2.49. The first-order valence-corrected chi connectivity index (χ1v) is 4.93. The normalized spacial score (nSPS) is 10.5. The lowest BCUT2D eigenvalue weighted by molar-refractivity contribution is 0.667. The van der Waals surface area contributed by atoms with Crippen molar-refractivity contribution in [3.63, 3.8) is 0 Å². The Morgan fingerprint density at radius 2 is 2.33 bits per heavy atom. The summed E-state index contributed by atoms with van der Waals surface area (Å²) >= 11 is 6.00. The molecular formula is C10H11ClN4. The van der Waals surface area contributed by atoms with Gasteiger partial charge in [0.1, 0.15) is 5.82 Å². The monoisotopic (exact) mass is 222 g/mol. The predicted octanol–water partition coefficient (Wildman–Crippen LogP) is 1.87. The third-order valence-corrected chi connectivity index (χ3v) is 2.52. The second kappa shape index (κ2) is 3.90. The van der Waals surface area contributed by atoms with Crippen LogP contribution >= 0.6 is 11.6 Å². The maximum absolute atomic E-state index is 6.00. The van der Waals surface area contributed by atoms with E-state index in [4.69, 9.17) is 17.3 Å². The van der Waals surface area contributed by atoms with Gasteiger partial charge in [-0.2, -0.15) is 5.10 Å². The van der Waals surface area contributed by atoms with E-state index in [9.17, 15) is 0 Å². The first-order chi connectivity index (χ1) is 7.16.